The lowest BCUT2D eigenvalue weighted by Gasteiger charge is -2.00. The largest absolute Gasteiger partial charge is 0.478 e. The SMILES string of the molecule is CC(=CCn1nc(C)c(Br)c1C)C(=O)O. The van der Waals surface area contributed by atoms with Crippen LogP contribution in [-0.4, -0.2) is 20.9 Å². The predicted molar refractivity (Wildman–Crippen MR) is 60.8 cm³/mol. The van der Waals surface area contributed by atoms with Crippen molar-refractivity contribution < 1.29 is 9.90 Å². The molecular weight excluding hydrogens is 260 g/mol. The van der Waals surface area contributed by atoms with Crippen LogP contribution in [0.15, 0.2) is 16.1 Å². The third-order valence-electron chi connectivity index (χ3n) is 2.20. The summed E-state index contributed by atoms with van der Waals surface area (Å²) in [6.45, 7) is 5.90. The number of rotatable bonds is 3. The summed E-state index contributed by atoms with van der Waals surface area (Å²) in [7, 11) is 0. The van der Waals surface area contributed by atoms with Gasteiger partial charge in [0.1, 0.15) is 0 Å². The molecule has 0 atom stereocenters. The summed E-state index contributed by atoms with van der Waals surface area (Å²) in [5.41, 5.74) is 2.24. The van der Waals surface area contributed by atoms with E-state index in [1.54, 1.807) is 17.7 Å². The number of carboxylic acid groups (broad SMARTS) is 1. The van der Waals surface area contributed by atoms with Crippen molar-refractivity contribution in [1.29, 1.82) is 0 Å². The zero-order valence-electron chi connectivity index (χ0n) is 8.91. The van der Waals surface area contributed by atoms with Crippen LogP contribution in [0.25, 0.3) is 0 Å². The van der Waals surface area contributed by atoms with Crippen molar-refractivity contribution in [3.63, 3.8) is 0 Å². The van der Waals surface area contributed by atoms with Crippen molar-refractivity contribution in [3.05, 3.63) is 27.5 Å². The second-order valence-corrected chi connectivity index (χ2v) is 4.15. The average molecular weight is 273 g/mol. The molecule has 1 N–H and O–H groups in total. The van der Waals surface area contributed by atoms with Crippen molar-refractivity contribution in [2.75, 3.05) is 0 Å². The summed E-state index contributed by atoms with van der Waals surface area (Å²) < 4.78 is 2.75. The molecule has 1 aromatic rings. The maximum Gasteiger partial charge on any atom is 0.331 e. The lowest BCUT2D eigenvalue weighted by molar-refractivity contribution is -0.132. The Labute approximate surface area is 96.7 Å². The summed E-state index contributed by atoms with van der Waals surface area (Å²) in [5, 5.41) is 13.0. The van der Waals surface area contributed by atoms with Crippen molar-refractivity contribution in [1.82, 2.24) is 9.78 Å². The van der Waals surface area contributed by atoms with Crippen LogP contribution < -0.4 is 0 Å². The van der Waals surface area contributed by atoms with Gasteiger partial charge < -0.3 is 5.11 Å². The molecule has 0 radical (unpaired) electrons. The van der Waals surface area contributed by atoms with Crippen molar-refractivity contribution in [2.24, 2.45) is 0 Å². The molecule has 0 fully saturated rings. The maximum atomic E-state index is 10.6. The van der Waals surface area contributed by atoms with Crippen molar-refractivity contribution >= 4 is 21.9 Å². The highest BCUT2D eigenvalue weighted by atomic mass is 79.9. The van der Waals surface area contributed by atoms with Gasteiger partial charge in [0.05, 0.1) is 22.4 Å². The Kier molecular flexibility index (Phi) is 3.68. The number of aliphatic carboxylic acids is 1. The number of allylic oxidation sites excluding steroid dienone is 1. The van der Waals surface area contributed by atoms with Gasteiger partial charge in [-0.1, -0.05) is 6.08 Å². The Hall–Kier alpha value is -1.10. The fourth-order valence-electron chi connectivity index (χ4n) is 1.16. The van der Waals surface area contributed by atoms with E-state index in [1.807, 2.05) is 13.8 Å². The second kappa shape index (κ2) is 4.61. The fourth-order valence-corrected chi connectivity index (χ4v) is 1.45. The van der Waals surface area contributed by atoms with E-state index in [0.29, 0.717) is 12.1 Å². The second-order valence-electron chi connectivity index (χ2n) is 3.36. The van der Waals surface area contributed by atoms with Gasteiger partial charge in [-0.3, -0.25) is 4.68 Å². The summed E-state index contributed by atoms with van der Waals surface area (Å²) >= 11 is 3.42. The molecule has 0 bridgehead atoms. The van der Waals surface area contributed by atoms with Crippen LogP contribution in [-0.2, 0) is 11.3 Å². The maximum absolute atomic E-state index is 10.6. The number of hydrogen-bond donors (Lipinski definition) is 1. The molecule has 15 heavy (non-hydrogen) atoms. The van der Waals surface area contributed by atoms with E-state index < -0.39 is 5.97 Å². The van der Waals surface area contributed by atoms with Crippen molar-refractivity contribution in [2.45, 2.75) is 27.3 Å². The van der Waals surface area contributed by atoms with Gasteiger partial charge in [-0.25, -0.2) is 4.79 Å². The van der Waals surface area contributed by atoms with Crippen molar-refractivity contribution in [3.8, 4) is 0 Å². The number of aromatic nitrogens is 2. The molecule has 0 amide bonds. The summed E-state index contributed by atoms with van der Waals surface area (Å²) in [6, 6.07) is 0. The minimum Gasteiger partial charge on any atom is -0.478 e. The smallest absolute Gasteiger partial charge is 0.331 e. The van der Waals surface area contributed by atoms with Crippen LogP contribution in [0.5, 0.6) is 0 Å². The summed E-state index contributed by atoms with van der Waals surface area (Å²) in [5.74, 6) is -0.893. The Morgan fingerprint density at radius 2 is 2.20 bits per heavy atom. The quantitative estimate of drug-likeness (QED) is 0.860. The van der Waals surface area contributed by atoms with E-state index in [2.05, 4.69) is 21.0 Å². The van der Waals surface area contributed by atoms with Crippen LogP contribution in [0, 0.1) is 13.8 Å². The Morgan fingerprint density at radius 3 is 2.60 bits per heavy atom. The number of carboxylic acids is 1. The highest BCUT2D eigenvalue weighted by Gasteiger charge is 2.07. The molecule has 0 aliphatic heterocycles. The first-order valence-electron chi connectivity index (χ1n) is 4.53. The van der Waals surface area contributed by atoms with E-state index in [9.17, 15) is 4.79 Å². The molecule has 1 heterocycles. The van der Waals surface area contributed by atoms with E-state index in [4.69, 9.17) is 5.11 Å². The first-order chi connectivity index (χ1) is 6.93. The molecule has 0 saturated carbocycles. The number of nitrogens with zero attached hydrogens (tertiary/aromatic N) is 2. The number of hydrogen-bond acceptors (Lipinski definition) is 2. The van der Waals surface area contributed by atoms with Gasteiger partial charge in [-0.2, -0.15) is 5.10 Å². The number of carbonyl (C=O) groups is 1. The first kappa shape index (κ1) is 12.0. The minimum absolute atomic E-state index is 0.332. The molecule has 0 spiro atoms. The molecule has 0 unspecified atom stereocenters. The first-order valence-corrected chi connectivity index (χ1v) is 5.32. The third-order valence-corrected chi connectivity index (χ3v) is 3.35. The molecular formula is C10H13BrN2O2. The zero-order chi connectivity index (χ0) is 11.6. The molecule has 5 heteroatoms. The van der Waals surface area contributed by atoms with Crippen LogP contribution >= 0.6 is 15.9 Å². The van der Waals surface area contributed by atoms with E-state index in [1.165, 1.54) is 0 Å². The highest BCUT2D eigenvalue weighted by molar-refractivity contribution is 9.10. The van der Waals surface area contributed by atoms with Gasteiger partial charge in [0.25, 0.3) is 0 Å². The Bertz CT molecular complexity index is 421. The van der Waals surface area contributed by atoms with Gasteiger partial charge in [0.15, 0.2) is 0 Å². The van der Waals surface area contributed by atoms with Gasteiger partial charge >= 0.3 is 5.97 Å². The molecule has 1 rings (SSSR count). The lowest BCUT2D eigenvalue weighted by Crippen LogP contribution is -2.03. The zero-order valence-corrected chi connectivity index (χ0v) is 10.5. The molecule has 0 aliphatic rings. The van der Waals surface area contributed by atoms with Crippen LogP contribution in [0.4, 0.5) is 0 Å². The molecule has 0 saturated heterocycles. The van der Waals surface area contributed by atoms with Crippen LogP contribution in [0.1, 0.15) is 18.3 Å². The summed E-state index contributed by atoms with van der Waals surface area (Å²) in [4.78, 5) is 10.6. The number of halogens is 1. The average Bonchev–Trinajstić information content (AvgIpc) is 2.42. The fraction of sp³-hybridized carbons (Fsp3) is 0.400. The van der Waals surface area contributed by atoms with E-state index in [0.717, 1.165) is 15.9 Å². The van der Waals surface area contributed by atoms with Gasteiger partial charge in [-0.05, 0) is 36.7 Å². The lowest BCUT2D eigenvalue weighted by atomic mass is 10.3. The van der Waals surface area contributed by atoms with Crippen LogP contribution in [0.2, 0.25) is 0 Å². The van der Waals surface area contributed by atoms with Crippen LogP contribution in [0.3, 0.4) is 0 Å². The Morgan fingerprint density at radius 1 is 1.60 bits per heavy atom. The van der Waals surface area contributed by atoms with E-state index in [-0.39, 0.29) is 0 Å². The Balaban J connectivity index is 2.87. The van der Waals surface area contributed by atoms with E-state index >= 15 is 0 Å². The van der Waals surface area contributed by atoms with Gasteiger partial charge in [0.2, 0.25) is 0 Å². The topological polar surface area (TPSA) is 55.1 Å². The normalized spacial score (nSPS) is 11.9. The molecule has 4 nitrogen and oxygen atoms in total. The van der Waals surface area contributed by atoms with Gasteiger partial charge in [-0.15, -0.1) is 0 Å². The molecule has 82 valence electrons. The third kappa shape index (κ3) is 2.68. The standard InChI is InChI=1S/C10H13BrN2O2/c1-6(10(14)15)4-5-13-8(3)9(11)7(2)12-13/h4H,5H2,1-3H3,(H,14,15). The molecule has 0 aromatic carbocycles. The molecule has 1 aromatic heterocycles. The minimum atomic E-state index is -0.893. The monoisotopic (exact) mass is 272 g/mol. The summed E-state index contributed by atoms with van der Waals surface area (Å²) in [6.07, 6.45) is 1.65. The predicted octanol–water partition coefficient (Wildman–Crippen LogP) is 2.29. The van der Waals surface area contributed by atoms with Gasteiger partial charge in [0, 0.05) is 5.57 Å². The number of aryl methyl sites for hydroxylation is 1. The molecule has 0 aliphatic carbocycles. The highest BCUT2D eigenvalue weighted by Crippen LogP contribution is 2.19.